The third-order valence-electron chi connectivity index (χ3n) is 2.39. The van der Waals surface area contributed by atoms with Crippen LogP contribution in [-0.4, -0.2) is 30.8 Å². The first-order chi connectivity index (χ1) is 9.15. The molecule has 1 aromatic rings. The number of hydrogen-bond donors (Lipinski definition) is 2. The van der Waals surface area contributed by atoms with Crippen LogP contribution in [0.2, 0.25) is 0 Å². The van der Waals surface area contributed by atoms with E-state index in [9.17, 15) is 9.59 Å². The van der Waals surface area contributed by atoms with E-state index in [1.54, 1.807) is 6.07 Å². The maximum atomic E-state index is 11.8. The van der Waals surface area contributed by atoms with Crippen molar-refractivity contribution in [1.29, 1.82) is 0 Å². The lowest BCUT2D eigenvalue weighted by molar-refractivity contribution is -0.121. The Balaban J connectivity index is 2.25. The van der Waals surface area contributed by atoms with Crippen molar-refractivity contribution in [2.24, 2.45) is 0 Å². The molecule has 0 atom stereocenters. The van der Waals surface area contributed by atoms with Gasteiger partial charge in [-0.3, -0.25) is 9.59 Å². The highest BCUT2D eigenvalue weighted by Crippen LogP contribution is 2.10. The van der Waals surface area contributed by atoms with Crippen LogP contribution < -0.4 is 10.6 Å². The molecule has 0 aliphatic rings. The highest BCUT2D eigenvalue weighted by atomic mass is 127. The summed E-state index contributed by atoms with van der Waals surface area (Å²) >= 11 is 7.61. The van der Waals surface area contributed by atoms with Gasteiger partial charge in [0.25, 0.3) is 5.91 Å². The molecule has 2 N–H and O–H groups in total. The molecule has 4 nitrogen and oxygen atoms in total. The molecule has 0 fully saturated rings. The summed E-state index contributed by atoms with van der Waals surface area (Å²) < 4.78 is 0.906. The van der Waals surface area contributed by atoms with Crippen LogP contribution in [0, 0.1) is 3.57 Å². The van der Waals surface area contributed by atoms with Gasteiger partial charge in [0.05, 0.1) is 5.56 Å². The minimum atomic E-state index is -0.125. The molecule has 0 aliphatic heterocycles. The topological polar surface area (TPSA) is 58.2 Å². The number of rotatable bonds is 7. The lowest BCUT2D eigenvalue weighted by Gasteiger charge is -2.08. The molecule has 1 rings (SSSR count). The largest absolute Gasteiger partial charge is 0.354 e. The van der Waals surface area contributed by atoms with Crippen molar-refractivity contribution in [1.82, 2.24) is 10.6 Å². The summed E-state index contributed by atoms with van der Waals surface area (Å²) in [6, 6.07) is 7.36. The molecule has 1 aromatic carbocycles. The van der Waals surface area contributed by atoms with Crippen molar-refractivity contribution in [3.05, 3.63) is 33.4 Å². The van der Waals surface area contributed by atoms with Gasteiger partial charge in [0.2, 0.25) is 5.91 Å². The van der Waals surface area contributed by atoms with Gasteiger partial charge >= 0.3 is 0 Å². The van der Waals surface area contributed by atoms with Crippen LogP contribution in [-0.2, 0) is 4.79 Å². The van der Waals surface area contributed by atoms with Crippen LogP contribution in [0.1, 0.15) is 23.2 Å². The van der Waals surface area contributed by atoms with E-state index >= 15 is 0 Å². The summed E-state index contributed by atoms with van der Waals surface area (Å²) in [6.45, 7) is 0.840. The highest BCUT2D eigenvalue weighted by molar-refractivity contribution is 14.1. The Hall–Kier alpha value is -0.820. The highest BCUT2D eigenvalue weighted by Gasteiger charge is 2.08. The Morgan fingerprint density at radius 2 is 1.84 bits per heavy atom. The predicted molar refractivity (Wildman–Crippen MR) is 84.5 cm³/mol. The number of amides is 2. The van der Waals surface area contributed by atoms with Crippen LogP contribution in [0.3, 0.4) is 0 Å². The molecule has 0 radical (unpaired) electrons. The molecular weight excluding hydrogens is 379 g/mol. The summed E-state index contributed by atoms with van der Waals surface area (Å²) in [7, 11) is 0. The minimum absolute atomic E-state index is 0.0378. The van der Waals surface area contributed by atoms with Crippen molar-refractivity contribution < 1.29 is 9.59 Å². The Bertz CT molecular complexity index is 440. The molecule has 0 aliphatic carbocycles. The van der Waals surface area contributed by atoms with Crippen molar-refractivity contribution in [3.8, 4) is 0 Å². The van der Waals surface area contributed by atoms with Gasteiger partial charge < -0.3 is 10.6 Å². The molecule has 0 aromatic heterocycles. The molecule has 0 heterocycles. The van der Waals surface area contributed by atoms with Gasteiger partial charge in [-0.1, -0.05) is 12.1 Å². The van der Waals surface area contributed by atoms with Gasteiger partial charge in [-0.25, -0.2) is 0 Å². The monoisotopic (exact) mass is 394 g/mol. The van der Waals surface area contributed by atoms with E-state index in [2.05, 4.69) is 33.2 Å². The van der Waals surface area contributed by atoms with Crippen LogP contribution in [0.15, 0.2) is 24.3 Å². The van der Waals surface area contributed by atoms with E-state index in [1.807, 2.05) is 18.2 Å². The van der Waals surface area contributed by atoms with Gasteiger partial charge in [-0.2, -0.15) is 0 Å². The van der Waals surface area contributed by atoms with E-state index in [1.165, 1.54) is 0 Å². The second kappa shape index (κ2) is 9.14. The van der Waals surface area contributed by atoms with Crippen LogP contribution >= 0.6 is 34.2 Å². The summed E-state index contributed by atoms with van der Waals surface area (Å²) in [6.07, 6.45) is 1.09. The molecular formula is C13H16ClIN2O2. The summed E-state index contributed by atoms with van der Waals surface area (Å²) in [4.78, 5) is 23.1. The number of benzene rings is 1. The number of carbonyl (C=O) groups is 2. The van der Waals surface area contributed by atoms with Crippen molar-refractivity contribution >= 4 is 46.0 Å². The average Bonchev–Trinajstić information content (AvgIpc) is 2.41. The van der Waals surface area contributed by atoms with Crippen LogP contribution in [0.4, 0.5) is 0 Å². The number of nitrogens with one attached hydrogen (secondary N) is 2. The summed E-state index contributed by atoms with van der Waals surface area (Å²) in [5.41, 5.74) is 0.650. The smallest absolute Gasteiger partial charge is 0.252 e. The number of carbonyl (C=O) groups excluding carboxylic acids is 2. The molecule has 6 heteroatoms. The van der Waals surface area contributed by atoms with Gasteiger partial charge in [-0.05, 0) is 41.1 Å². The normalized spacial score (nSPS) is 10.0. The first-order valence-electron chi connectivity index (χ1n) is 6.00. The number of hydrogen-bond acceptors (Lipinski definition) is 2. The van der Waals surface area contributed by atoms with Crippen molar-refractivity contribution in [2.45, 2.75) is 12.8 Å². The van der Waals surface area contributed by atoms with E-state index in [-0.39, 0.29) is 11.8 Å². The first-order valence-corrected chi connectivity index (χ1v) is 7.62. The first kappa shape index (κ1) is 16.2. The zero-order valence-corrected chi connectivity index (χ0v) is 13.3. The quantitative estimate of drug-likeness (QED) is 0.423. The summed E-state index contributed by atoms with van der Waals surface area (Å²) in [5, 5.41) is 5.49. The SMILES string of the molecule is O=C(CCCCl)NCCNC(=O)c1ccccc1I. The lowest BCUT2D eigenvalue weighted by Crippen LogP contribution is -2.34. The summed E-state index contributed by atoms with van der Waals surface area (Å²) in [5.74, 6) is 0.320. The second-order valence-corrected chi connectivity index (χ2v) is 5.42. The number of alkyl halides is 1. The Labute approximate surface area is 131 Å². The molecule has 0 saturated carbocycles. The zero-order valence-electron chi connectivity index (χ0n) is 10.4. The van der Waals surface area contributed by atoms with Gasteiger partial charge in [-0.15, -0.1) is 11.6 Å². The standard InChI is InChI=1S/C13H16ClIN2O2/c14-7-3-6-12(18)16-8-9-17-13(19)10-4-1-2-5-11(10)15/h1-2,4-5H,3,6-9H2,(H,16,18)(H,17,19). The van der Waals surface area contributed by atoms with Crippen LogP contribution in [0.25, 0.3) is 0 Å². The Morgan fingerprint density at radius 3 is 2.53 bits per heavy atom. The van der Waals surface area contributed by atoms with Gasteiger partial charge in [0.1, 0.15) is 0 Å². The van der Waals surface area contributed by atoms with Crippen molar-refractivity contribution in [2.75, 3.05) is 19.0 Å². The van der Waals surface area contributed by atoms with Gasteiger partial charge in [0, 0.05) is 29.0 Å². The minimum Gasteiger partial charge on any atom is -0.354 e. The molecule has 2 amide bonds. The molecule has 0 spiro atoms. The molecule has 0 saturated heterocycles. The lowest BCUT2D eigenvalue weighted by atomic mass is 10.2. The number of halogens is 2. The fourth-order valence-electron chi connectivity index (χ4n) is 1.43. The predicted octanol–water partition coefficient (Wildman–Crippen LogP) is 2.16. The molecule has 0 unspecified atom stereocenters. The fourth-order valence-corrected chi connectivity index (χ4v) is 2.20. The third kappa shape index (κ3) is 6.24. The maximum absolute atomic E-state index is 11.8. The molecule has 0 bridgehead atoms. The molecule has 19 heavy (non-hydrogen) atoms. The van der Waals surface area contributed by atoms with Crippen LogP contribution in [0.5, 0.6) is 0 Å². The van der Waals surface area contributed by atoms with Crippen molar-refractivity contribution in [3.63, 3.8) is 0 Å². The van der Waals surface area contributed by atoms with E-state index in [0.717, 1.165) is 3.57 Å². The second-order valence-electron chi connectivity index (χ2n) is 3.88. The maximum Gasteiger partial charge on any atom is 0.252 e. The Morgan fingerprint density at radius 1 is 1.16 bits per heavy atom. The Kier molecular flexibility index (Phi) is 7.81. The third-order valence-corrected chi connectivity index (χ3v) is 3.60. The van der Waals surface area contributed by atoms with E-state index in [4.69, 9.17) is 11.6 Å². The van der Waals surface area contributed by atoms with E-state index < -0.39 is 0 Å². The van der Waals surface area contributed by atoms with E-state index in [0.29, 0.717) is 37.4 Å². The van der Waals surface area contributed by atoms with Gasteiger partial charge in [0.15, 0.2) is 0 Å². The zero-order chi connectivity index (χ0) is 14.1. The fraction of sp³-hybridized carbons (Fsp3) is 0.385. The molecule has 104 valence electrons. The average molecular weight is 395 g/mol.